The quantitative estimate of drug-likeness (QED) is 0.836. The first-order valence-electron chi connectivity index (χ1n) is 6.41. The molecule has 3 nitrogen and oxygen atoms in total. The Bertz CT molecular complexity index is 660. The Kier molecular flexibility index (Phi) is 5.09. The highest BCUT2D eigenvalue weighted by molar-refractivity contribution is 9.10. The molecule has 0 aromatic heterocycles. The number of nitrogens with zero attached hydrogens (tertiary/aromatic N) is 1. The number of carbonyl (C=O) groups excluding carboxylic acids is 1. The third-order valence-electron chi connectivity index (χ3n) is 3.07. The second-order valence-electron chi connectivity index (χ2n) is 4.85. The summed E-state index contributed by atoms with van der Waals surface area (Å²) in [6.07, 6.45) is 0. The summed E-state index contributed by atoms with van der Waals surface area (Å²) < 4.78 is 14.1. The highest BCUT2D eigenvalue weighted by atomic mass is 79.9. The fourth-order valence-corrected chi connectivity index (χ4v) is 2.45. The zero-order valence-electron chi connectivity index (χ0n) is 11.5. The number of rotatable bonds is 5. The van der Waals surface area contributed by atoms with Gasteiger partial charge in [0.05, 0.1) is 12.1 Å². The average Bonchev–Trinajstić information content (AvgIpc) is 2.44. The highest BCUT2D eigenvalue weighted by Crippen LogP contribution is 2.20. The van der Waals surface area contributed by atoms with Gasteiger partial charge in [-0.3, -0.25) is 9.69 Å². The maximum absolute atomic E-state index is 13.2. The number of aromatic hydroxyl groups is 1. The molecule has 0 spiro atoms. The van der Waals surface area contributed by atoms with Gasteiger partial charge in [0.15, 0.2) is 5.78 Å². The van der Waals surface area contributed by atoms with Crippen LogP contribution < -0.4 is 0 Å². The van der Waals surface area contributed by atoms with Crippen molar-refractivity contribution >= 4 is 21.7 Å². The van der Waals surface area contributed by atoms with Crippen LogP contribution in [0, 0.1) is 5.82 Å². The van der Waals surface area contributed by atoms with Crippen LogP contribution in [0.2, 0.25) is 0 Å². The molecule has 5 heteroatoms. The molecular formula is C16H15BrFNO2. The molecule has 0 aliphatic heterocycles. The van der Waals surface area contributed by atoms with Gasteiger partial charge in [-0.05, 0) is 36.9 Å². The summed E-state index contributed by atoms with van der Waals surface area (Å²) in [7, 11) is 1.80. The third-order valence-corrected chi connectivity index (χ3v) is 3.84. The van der Waals surface area contributed by atoms with Crippen LogP contribution in [0.1, 0.15) is 15.9 Å². The fraction of sp³-hybridized carbons (Fsp3) is 0.188. The molecule has 0 saturated heterocycles. The lowest BCUT2D eigenvalue weighted by molar-refractivity contribution is 0.0940. The third kappa shape index (κ3) is 4.12. The Balaban J connectivity index is 2.06. The minimum absolute atomic E-state index is 0.00831. The van der Waals surface area contributed by atoms with E-state index < -0.39 is 5.82 Å². The van der Waals surface area contributed by atoms with E-state index in [0.717, 1.165) is 22.2 Å². The van der Waals surface area contributed by atoms with Gasteiger partial charge in [0.2, 0.25) is 0 Å². The molecular weight excluding hydrogens is 337 g/mol. The monoisotopic (exact) mass is 351 g/mol. The zero-order chi connectivity index (χ0) is 15.4. The van der Waals surface area contributed by atoms with E-state index in [0.29, 0.717) is 6.54 Å². The first-order chi connectivity index (χ1) is 9.97. The Hall–Kier alpha value is -1.72. The molecule has 21 heavy (non-hydrogen) atoms. The van der Waals surface area contributed by atoms with Crippen molar-refractivity contribution in [2.45, 2.75) is 6.54 Å². The van der Waals surface area contributed by atoms with E-state index in [1.807, 2.05) is 29.2 Å². The molecule has 0 aliphatic carbocycles. The molecule has 1 N–H and O–H groups in total. The molecule has 2 aromatic rings. The highest BCUT2D eigenvalue weighted by Gasteiger charge is 2.15. The SMILES string of the molecule is CN(CC(=O)c1cc(F)ccc1O)Cc1ccccc1Br. The van der Waals surface area contributed by atoms with E-state index in [-0.39, 0.29) is 23.6 Å². The van der Waals surface area contributed by atoms with Crippen LogP contribution in [0.3, 0.4) is 0 Å². The molecule has 0 radical (unpaired) electrons. The predicted molar refractivity (Wildman–Crippen MR) is 82.9 cm³/mol. The van der Waals surface area contributed by atoms with Crippen molar-refractivity contribution in [2.75, 3.05) is 13.6 Å². The van der Waals surface area contributed by atoms with E-state index in [1.54, 1.807) is 7.05 Å². The molecule has 2 aromatic carbocycles. The number of ketones is 1. The normalized spacial score (nSPS) is 10.9. The summed E-state index contributed by atoms with van der Waals surface area (Å²) >= 11 is 3.46. The van der Waals surface area contributed by atoms with Gasteiger partial charge in [0, 0.05) is 11.0 Å². The largest absolute Gasteiger partial charge is 0.507 e. The average molecular weight is 352 g/mol. The fourth-order valence-electron chi connectivity index (χ4n) is 2.04. The Morgan fingerprint density at radius 3 is 2.71 bits per heavy atom. The number of Topliss-reactive ketones (excluding diaryl/α,β-unsaturated/α-hetero) is 1. The topological polar surface area (TPSA) is 40.5 Å². The summed E-state index contributed by atoms with van der Waals surface area (Å²) in [6.45, 7) is 0.668. The second-order valence-corrected chi connectivity index (χ2v) is 5.70. The van der Waals surface area contributed by atoms with E-state index in [9.17, 15) is 14.3 Å². The lowest BCUT2D eigenvalue weighted by Gasteiger charge is -2.17. The van der Waals surface area contributed by atoms with E-state index in [2.05, 4.69) is 15.9 Å². The first kappa shape index (κ1) is 15.7. The Morgan fingerprint density at radius 1 is 1.29 bits per heavy atom. The number of phenolic OH excluding ortho intramolecular Hbond substituents is 1. The number of hydrogen-bond donors (Lipinski definition) is 1. The summed E-state index contributed by atoms with van der Waals surface area (Å²) in [5, 5.41) is 9.64. The Morgan fingerprint density at radius 2 is 2.00 bits per heavy atom. The molecule has 0 unspecified atom stereocenters. The van der Waals surface area contributed by atoms with Crippen molar-refractivity contribution in [3.8, 4) is 5.75 Å². The van der Waals surface area contributed by atoms with Crippen molar-refractivity contribution in [3.63, 3.8) is 0 Å². The second kappa shape index (κ2) is 6.83. The van der Waals surface area contributed by atoms with Crippen molar-refractivity contribution in [2.24, 2.45) is 0 Å². The van der Waals surface area contributed by atoms with Crippen LogP contribution in [-0.2, 0) is 6.54 Å². The molecule has 0 fully saturated rings. The molecule has 0 saturated carbocycles. The lowest BCUT2D eigenvalue weighted by atomic mass is 10.1. The number of halogens is 2. The van der Waals surface area contributed by atoms with Crippen molar-refractivity contribution in [3.05, 3.63) is 63.9 Å². The molecule has 110 valence electrons. The van der Waals surface area contributed by atoms with Crippen LogP contribution in [0.4, 0.5) is 4.39 Å². The van der Waals surface area contributed by atoms with Crippen molar-refractivity contribution in [1.29, 1.82) is 0 Å². The maximum Gasteiger partial charge on any atom is 0.180 e. The molecule has 0 aliphatic rings. The van der Waals surface area contributed by atoms with Gasteiger partial charge in [-0.2, -0.15) is 0 Å². The van der Waals surface area contributed by atoms with Gasteiger partial charge in [-0.1, -0.05) is 34.1 Å². The Labute approximate surface area is 131 Å². The minimum atomic E-state index is -0.537. The standard InChI is InChI=1S/C16H15BrFNO2/c1-19(9-11-4-2-3-5-14(11)17)10-16(21)13-8-12(18)6-7-15(13)20/h2-8,20H,9-10H2,1H3. The van der Waals surface area contributed by atoms with Gasteiger partial charge < -0.3 is 5.11 Å². The smallest absolute Gasteiger partial charge is 0.180 e. The van der Waals surface area contributed by atoms with Crippen molar-refractivity contribution < 1.29 is 14.3 Å². The zero-order valence-corrected chi connectivity index (χ0v) is 13.1. The van der Waals surface area contributed by atoms with Gasteiger partial charge in [-0.15, -0.1) is 0 Å². The van der Waals surface area contributed by atoms with E-state index >= 15 is 0 Å². The molecule has 0 heterocycles. The molecule has 0 atom stereocenters. The number of benzene rings is 2. The molecule has 0 amide bonds. The van der Waals surface area contributed by atoms with Crippen LogP contribution in [0.25, 0.3) is 0 Å². The van der Waals surface area contributed by atoms with Gasteiger partial charge in [0.1, 0.15) is 11.6 Å². The molecule has 2 rings (SSSR count). The number of likely N-dealkylation sites (N-methyl/N-ethyl adjacent to an activating group) is 1. The predicted octanol–water partition coefficient (Wildman–Crippen LogP) is 3.61. The summed E-state index contributed by atoms with van der Waals surface area (Å²) in [5.74, 6) is -1.05. The van der Waals surface area contributed by atoms with E-state index in [1.165, 1.54) is 6.07 Å². The van der Waals surface area contributed by atoms with Gasteiger partial charge in [0.25, 0.3) is 0 Å². The van der Waals surface area contributed by atoms with Crippen LogP contribution >= 0.6 is 15.9 Å². The van der Waals surface area contributed by atoms with Crippen molar-refractivity contribution in [1.82, 2.24) is 4.90 Å². The minimum Gasteiger partial charge on any atom is -0.507 e. The summed E-state index contributed by atoms with van der Waals surface area (Å²) in [5.41, 5.74) is 1.06. The maximum atomic E-state index is 13.2. The van der Waals surface area contributed by atoms with Crippen LogP contribution in [-0.4, -0.2) is 29.4 Å². The van der Waals surface area contributed by atoms with Crippen LogP contribution in [0.15, 0.2) is 46.9 Å². The first-order valence-corrected chi connectivity index (χ1v) is 7.20. The number of hydrogen-bond acceptors (Lipinski definition) is 3. The number of phenols is 1. The van der Waals surface area contributed by atoms with Crippen LogP contribution in [0.5, 0.6) is 5.75 Å². The van der Waals surface area contributed by atoms with Gasteiger partial charge >= 0.3 is 0 Å². The van der Waals surface area contributed by atoms with E-state index in [4.69, 9.17) is 0 Å². The number of carbonyl (C=O) groups is 1. The molecule has 0 bridgehead atoms. The lowest BCUT2D eigenvalue weighted by Crippen LogP contribution is -2.25. The summed E-state index contributed by atoms with van der Waals surface area (Å²) in [6, 6.07) is 11.1. The van der Waals surface area contributed by atoms with Gasteiger partial charge in [-0.25, -0.2) is 4.39 Å². The summed E-state index contributed by atoms with van der Waals surface area (Å²) in [4.78, 5) is 13.9.